The van der Waals surface area contributed by atoms with E-state index in [2.05, 4.69) is 15.9 Å². The smallest absolute Gasteiger partial charge is 0.337 e. The number of esters is 1. The zero-order chi connectivity index (χ0) is 21.0. The minimum atomic E-state index is -0.722. The molecule has 0 saturated carbocycles. The molecule has 29 heavy (non-hydrogen) atoms. The van der Waals surface area contributed by atoms with Gasteiger partial charge in [0, 0.05) is 17.8 Å². The Hall–Kier alpha value is -3.00. The molecule has 0 saturated heterocycles. The van der Waals surface area contributed by atoms with Gasteiger partial charge < -0.3 is 14.0 Å². The highest BCUT2D eigenvalue weighted by Crippen LogP contribution is 2.22. The second-order valence-corrected chi connectivity index (χ2v) is 6.94. The van der Waals surface area contributed by atoms with Crippen molar-refractivity contribution >= 4 is 21.9 Å². The van der Waals surface area contributed by atoms with E-state index >= 15 is 0 Å². The van der Waals surface area contributed by atoms with Gasteiger partial charge in [-0.15, -0.1) is 0 Å². The lowest BCUT2D eigenvalue weighted by molar-refractivity contribution is 0.0600. The van der Waals surface area contributed by atoms with Crippen LogP contribution in [0.4, 0.5) is 8.78 Å². The Balaban J connectivity index is 1.77. The maximum absolute atomic E-state index is 13.7. The van der Waals surface area contributed by atoms with Crippen molar-refractivity contribution in [2.45, 2.75) is 13.2 Å². The quantitative estimate of drug-likeness (QED) is 0.511. The molecule has 0 aliphatic rings. The number of ether oxygens (including phenoxy) is 2. The molecule has 0 bridgehead atoms. The molecule has 0 atom stereocenters. The first-order chi connectivity index (χ1) is 13.9. The summed E-state index contributed by atoms with van der Waals surface area (Å²) in [4.78, 5) is 24.3. The summed E-state index contributed by atoms with van der Waals surface area (Å²) in [6, 6.07) is 11.5. The maximum Gasteiger partial charge on any atom is 0.337 e. The molecule has 0 aliphatic carbocycles. The van der Waals surface area contributed by atoms with Gasteiger partial charge in [0.15, 0.2) is 0 Å². The zero-order valence-corrected chi connectivity index (χ0v) is 16.9. The molecular formula is C21H16BrF2NO4. The van der Waals surface area contributed by atoms with E-state index in [-0.39, 0.29) is 34.5 Å². The molecule has 1 heterocycles. The number of nitrogens with zero attached hydrogens (tertiary/aromatic N) is 1. The Labute approximate surface area is 173 Å². The van der Waals surface area contributed by atoms with Crippen LogP contribution in [0.2, 0.25) is 0 Å². The van der Waals surface area contributed by atoms with E-state index in [1.165, 1.54) is 23.9 Å². The van der Waals surface area contributed by atoms with E-state index in [1.54, 1.807) is 30.3 Å². The molecule has 0 unspecified atom stereocenters. The third-order valence-electron chi connectivity index (χ3n) is 4.17. The fourth-order valence-electron chi connectivity index (χ4n) is 2.67. The number of halogens is 3. The van der Waals surface area contributed by atoms with E-state index in [0.717, 1.165) is 17.7 Å². The first-order valence-electron chi connectivity index (χ1n) is 8.52. The van der Waals surface area contributed by atoms with Gasteiger partial charge in [0.2, 0.25) is 0 Å². The average Bonchev–Trinajstić information content (AvgIpc) is 2.71. The third kappa shape index (κ3) is 4.89. The van der Waals surface area contributed by atoms with Gasteiger partial charge in [-0.05, 0) is 51.8 Å². The number of carbonyl (C=O) groups excluding carboxylic acids is 1. The van der Waals surface area contributed by atoms with Crippen molar-refractivity contribution in [3.8, 4) is 5.75 Å². The first kappa shape index (κ1) is 20.7. The molecule has 3 rings (SSSR count). The van der Waals surface area contributed by atoms with Crippen molar-refractivity contribution in [3.63, 3.8) is 0 Å². The molecule has 0 fully saturated rings. The average molecular weight is 464 g/mol. The van der Waals surface area contributed by atoms with Gasteiger partial charge in [-0.2, -0.15) is 0 Å². The minimum Gasteiger partial charge on any atom is -0.487 e. The Morgan fingerprint density at radius 1 is 1.14 bits per heavy atom. The highest BCUT2D eigenvalue weighted by Gasteiger charge is 2.12. The summed E-state index contributed by atoms with van der Waals surface area (Å²) in [5, 5.41) is 0. The number of hydrogen-bond acceptors (Lipinski definition) is 4. The lowest BCUT2D eigenvalue weighted by atomic mass is 10.1. The number of benzene rings is 2. The van der Waals surface area contributed by atoms with Crippen LogP contribution in [0, 0.1) is 11.6 Å². The van der Waals surface area contributed by atoms with Crippen molar-refractivity contribution in [1.82, 2.24) is 4.57 Å². The van der Waals surface area contributed by atoms with E-state index in [0.29, 0.717) is 5.56 Å². The molecule has 8 heteroatoms. The fraction of sp³-hybridized carbons (Fsp3) is 0.143. The van der Waals surface area contributed by atoms with E-state index in [4.69, 9.17) is 9.47 Å². The van der Waals surface area contributed by atoms with Crippen LogP contribution in [0.15, 0.2) is 64.0 Å². The molecule has 0 N–H and O–H groups in total. The van der Waals surface area contributed by atoms with Crippen LogP contribution in [0.25, 0.3) is 0 Å². The molecule has 2 aromatic carbocycles. The van der Waals surface area contributed by atoms with Gasteiger partial charge in [-0.25, -0.2) is 13.6 Å². The Kier molecular flexibility index (Phi) is 6.43. The van der Waals surface area contributed by atoms with Gasteiger partial charge in [0.1, 0.15) is 28.5 Å². The molecule has 150 valence electrons. The van der Waals surface area contributed by atoms with Crippen molar-refractivity contribution in [3.05, 3.63) is 97.9 Å². The lowest BCUT2D eigenvalue weighted by Crippen LogP contribution is -2.21. The van der Waals surface area contributed by atoms with Crippen molar-refractivity contribution in [1.29, 1.82) is 0 Å². The normalized spacial score (nSPS) is 10.6. The van der Waals surface area contributed by atoms with Crippen molar-refractivity contribution in [2.75, 3.05) is 7.11 Å². The summed E-state index contributed by atoms with van der Waals surface area (Å²) in [6.45, 7) is 0.0739. The molecule has 0 spiro atoms. The van der Waals surface area contributed by atoms with Crippen LogP contribution in [0.3, 0.4) is 0 Å². The van der Waals surface area contributed by atoms with Crippen LogP contribution >= 0.6 is 15.9 Å². The fourth-order valence-corrected chi connectivity index (χ4v) is 3.15. The summed E-state index contributed by atoms with van der Waals surface area (Å²) in [7, 11) is 1.30. The van der Waals surface area contributed by atoms with Crippen molar-refractivity contribution < 1.29 is 23.0 Å². The minimum absolute atomic E-state index is 0.157. The molecular weight excluding hydrogens is 448 g/mol. The monoisotopic (exact) mass is 463 g/mol. The lowest BCUT2D eigenvalue weighted by Gasteiger charge is -2.12. The molecule has 1 aromatic heterocycles. The number of carbonyl (C=O) groups is 1. The maximum atomic E-state index is 13.7. The van der Waals surface area contributed by atoms with Crippen LogP contribution in [0.5, 0.6) is 5.75 Å². The predicted molar refractivity (Wildman–Crippen MR) is 106 cm³/mol. The Bertz CT molecular complexity index is 1110. The largest absolute Gasteiger partial charge is 0.487 e. The van der Waals surface area contributed by atoms with Crippen LogP contribution in [-0.2, 0) is 17.9 Å². The van der Waals surface area contributed by atoms with Crippen LogP contribution < -0.4 is 10.3 Å². The summed E-state index contributed by atoms with van der Waals surface area (Å²) in [6.07, 6.45) is 1.54. The van der Waals surface area contributed by atoms with E-state index in [1.807, 2.05) is 0 Å². The van der Waals surface area contributed by atoms with Gasteiger partial charge >= 0.3 is 5.97 Å². The number of hydrogen-bond donors (Lipinski definition) is 0. The van der Waals surface area contributed by atoms with Crippen molar-refractivity contribution in [2.24, 2.45) is 0 Å². The molecule has 5 nitrogen and oxygen atoms in total. The number of methoxy groups -OCH3 is 1. The molecule has 0 radical (unpaired) electrons. The molecule has 0 amide bonds. The first-order valence-corrected chi connectivity index (χ1v) is 9.31. The highest BCUT2D eigenvalue weighted by molar-refractivity contribution is 9.10. The Morgan fingerprint density at radius 2 is 1.93 bits per heavy atom. The van der Waals surface area contributed by atoms with Gasteiger partial charge in [-0.1, -0.05) is 12.1 Å². The van der Waals surface area contributed by atoms with Crippen LogP contribution in [-0.4, -0.2) is 17.6 Å². The topological polar surface area (TPSA) is 57.5 Å². The highest BCUT2D eigenvalue weighted by atomic mass is 79.9. The van der Waals surface area contributed by atoms with E-state index < -0.39 is 17.6 Å². The SMILES string of the molecule is COC(=O)c1cccc(Cn2ccc(OCc3ccc(F)cc3F)c(Br)c2=O)c1. The summed E-state index contributed by atoms with van der Waals surface area (Å²) >= 11 is 3.21. The van der Waals surface area contributed by atoms with Gasteiger partial charge in [-0.3, -0.25) is 4.79 Å². The summed E-state index contributed by atoms with van der Waals surface area (Å²) in [5.41, 5.74) is 0.940. The summed E-state index contributed by atoms with van der Waals surface area (Å²) in [5.74, 6) is -1.62. The number of rotatable bonds is 6. The Morgan fingerprint density at radius 3 is 2.66 bits per heavy atom. The molecule has 3 aromatic rings. The summed E-state index contributed by atoms with van der Waals surface area (Å²) < 4.78 is 38.5. The van der Waals surface area contributed by atoms with Crippen LogP contribution in [0.1, 0.15) is 21.5 Å². The zero-order valence-electron chi connectivity index (χ0n) is 15.3. The second kappa shape index (κ2) is 9.00. The molecule has 0 aliphatic heterocycles. The number of pyridine rings is 1. The predicted octanol–water partition coefficient (Wildman–Crippen LogP) is 4.30. The van der Waals surface area contributed by atoms with Gasteiger partial charge in [0.25, 0.3) is 5.56 Å². The van der Waals surface area contributed by atoms with E-state index in [9.17, 15) is 18.4 Å². The second-order valence-electron chi connectivity index (χ2n) is 6.14. The standard InChI is InChI=1S/C21H16BrF2NO4/c1-28-21(27)14-4-2-3-13(9-14)11-25-8-7-18(19(22)20(25)26)29-12-15-5-6-16(23)10-17(15)24/h2-10H,11-12H2,1H3. The number of aromatic nitrogens is 1. The van der Waals surface area contributed by atoms with Gasteiger partial charge in [0.05, 0.1) is 19.2 Å². The third-order valence-corrected chi connectivity index (χ3v) is 4.90.